The molecule has 0 aliphatic carbocycles. The normalized spacial score (nSPS) is 12.8. The number of ether oxygens (including phenoxy) is 1. The highest BCUT2D eigenvalue weighted by Gasteiger charge is 2.07. The van der Waals surface area contributed by atoms with Crippen molar-refractivity contribution in [2.75, 3.05) is 19.7 Å². The van der Waals surface area contributed by atoms with Gasteiger partial charge in [-0.15, -0.1) is 0 Å². The summed E-state index contributed by atoms with van der Waals surface area (Å²) in [7, 11) is 0. The van der Waals surface area contributed by atoms with E-state index in [2.05, 4.69) is 5.43 Å². The molecule has 0 aromatic rings. The van der Waals surface area contributed by atoms with E-state index in [9.17, 15) is 4.79 Å². The molecule has 0 spiro atoms. The molecule has 0 rings (SSSR count). The van der Waals surface area contributed by atoms with Gasteiger partial charge in [-0.25, -0.2) is 9.80 Å². The highest BCUT2D eigenvalue weighted by Crippen LogP contribution is 2.01. The topological polar surface area (TPSA) is 41.6 Å². The Morgan fingerprint density at radius 2 is 1.71 bits per heavy atom. The van der Waals surface area contributed by atoms with Gasteiger partial charge < -0.3 is 4.74 Å². The molecule has 0 aromatic carbocycles. The zero-order chi connectivity index (χ0) is 13.3. The number of carbonyl (C=O) groups excluding carboxylic acids is 1. The Hall–Kier alpha value is -0.710. The molecule has 0 aliphatic heterocycles. The molecule has 0 heterocycles. The van der Waals surface area contributed by atoms with Crippen molar-refractivity contribution in [1.82, 2.24) is 10.4 Å². The second-order valence-corrected chi connectivity index (χ2v) is 4.51. The summed E-state index contributed by atoms with van der Waals surface area (Å²) < 4.78 is 4.79. The maximum Gasteiger partial charge on any atom is 0.421 e. The fraction of sp³-hybridized carbons (Fsp3) is 0.545. The molecule has 0 aromatic heterocycles. The zero-order valence-corrected chi connectivity index (χ0v) is 11.8. The monoisotopic (exact) mass is 280 g/mol. The minimum absolute atomic E-state index is 0.328. The van der Waals surface area contributed by atoms with Crippen LogP contribution < -0.4 is 5.43 Å². The van der Waals surface area contributed by atoms with E-state index < -0.39 is 6.09 Å². The van der Waals surface area contributed by atoms with Crippen molar-refractivity contribution in [2.24, 2.45) is 0 Å². The lowest BCUT2D eigenvalue weighted by atomic mass is 10.4. The van der Waals surface area contributed by atoms with Crippen LogP contribution in [-0.4, -0.2) is 30.8 Å². The zero-order valence-electron chi connectivity index (χ0n) is 10.3. The summed E-state index contributed by atoms with van der Waals surface area (Å²) in [5, 5.41) is 2.97. The van der Waals surface area contributed by atoms with Crippen LogP contribution in [0.2, 0.25) is 0 Å². The molecular weight excluding hydrogens is 263 g/mol. The van der Waals surface area contributed by atoms with E-state index in [1.165, 1.54) is 0 Å². The third-order valence-corrected chi connectivity index (χ3v) is 2.02. The lowest BCUT2D eigenvalue weighted by Crippen LogP contribution is -2.42. The average Bonchev–Trinajstić information content (AvgIpc) is 2.22. The summed E-state index contributed by atoms with van der Waals surface area (Å²) in [6, 6.07) is 0. The van der Waals surface area contributed by atoms with Crippen LogP contribution in [0.25, 0.3) is 0 Å². The summed E-state index contributed by atoms with van der Waals surface area (Å²) in [4.78, 5) is 11.3. The van der Waals surface area contributed by atoms with Crippen LogP contribution in [0.5, 0.6) is 0 Å². The van der Waals surface area contributed by atoms with E-state index in [0.29, 0.717) is 29.8 Å². The Bertz CT molecular complexity index is 276. The fourth-order valence-electron chi connectivity index (χ4n) is 0.930. The van der Waals surface area contributed by atoms with Crippen molar-refractivity contribution in [1.29, 1.82) is 0 Å². The van der Waals surface area contributed by atoms with Gasteiger partial charge in [0.1, 0.15) is 0 Å². The van der Waals surface area contributed by atoms with Crippen molar-refractivity contribution in [3.8, 4) is 0 Å². The molecule has 0 saturated heterocycles. The number of halogens is 2. The molecule has 1 amide bonds. The van der Waals surface area contributed by atoms with Crippen molar-refractivity contribution in [3.63, 3.8) is 0 Å². The van der Waals surface area contributed by atoms with Crippen molar-refractivity contribution < 1.29 is 9.53 Å². The Morgan fingerprint density at radius 1 is 1.24 bits per heavy atom. The molecule has 6 heteroatoms. The molecule has 98 valence electrons. The number of hydrogen-bond donors (Lipinski definition) is 1. The van der Waals surface area contributed by atoms with Crippen LogP contribution in [-0.2, 0) is 4.74 Å². The van der Waals surface area contributed by atoms with Crippen molar-refractivity contribution in [3.05, 3.63) is 22.2 Å². The van der Waals surface area contributed by atoms with Crippen molar-refractivity contribution in [2.45, 2.75) is 20.8 Å². The Labute approximate surface area is 112 Å². The molecule has 1 N–H and O–H groups in total. The first kappa shape index (κ1) is 16.3. The van der Waals surface area contributed by atoms with Crippen LogP contribution in [0.4, 0.5) is 4.79 Å². The van der Waals surface area contributed by atoms with Gasteiger partial charge in [0.15, 0.2) is 0 Å². The smallest absolute Gasteiger partial charge is 0.421 e. The minimum atomic E-state index is -0.492. The van der Waals surface area contributed by atoms with Crippen LogP contribution in [0.3, 0.4) is 0 Å². The summed E-state index contributed by atoms with van der Waals surface area (Å²) in [5.41, 5.74) is 2.59. The Kier molecular flexibility index (Phi) is 8.94. The standard InChI is InChI=1S/C11H18Cl2N2O2/c1-4-17-11(16)14-15(7-5-9(2)12)8-6-10(3)13/h5-6H,4,7-8H2,1-3H3,(H,14,16)/b9-5-,10-6+. The SMILES string of the molecule is CCOC(=O)NN(C/C=C(/C)Cl)C/C=C(\C)Cl. The van der Waals surface area contributed by atoms with Crippen LogP contribution in [0.15, 0.2) is 22.2 Å². The highest BCUT2D eigenvalue weighted by molar-refractivity contribution is 6.29. The molecule has 4 nitrogen and oxygen atoms in total. The maximum absolute atomic E-state index is 11.3. The first-order valence-corrected chi connectivity index (χ1v) is 6.04. The van der Waals surface area contributed by atoms with Gasteiger partial charge in [0.25, 0.3) is 0 Å². The molecule has 0 radical (unpaired) electrons. The van der Waals surface area contributed by atoms with E-state index >= 15 is 0 Å². The third kappa shape index (κ3) is 10.2. The predicted molar refractivity (Wildman–Crippen MR) is 71.0 cm³/mol. The Balaban J connectivity index is 4.34. The van der Waals surface area contributed by atoms with Crippen molar-refractivity contribution >= 4 is 29.3 Å². The third-order valence-electron chi connectivity index (χ3n) is 1.71. The van der Waals surface area contributed by atoms with Crippen LogP contribution >= 0.6 is 23.2 Å². The first-order chi connectivity index (χ1) is 7.95. The minimum Gasteiger partial charge on any atom is -0.449 e. The predicted octanol–water partition coefficient (Wildman–Crippen LogP) is 3.23. The van der Waals surface area contributed by atoms with E-state index in [4.69, 9.17) is 27.9 Å². The Morgan fingerprint density at radius 3 is 2.06 bits per heavy atom. The number of carbonyl (C=O) groups is 1. The summed E-state index contributed by atoms with van der Waals surface area (Å²) >= 11 is 11.5. The van der Waals surface area contributed by atoms with E-state index in [-0.39, 0.29) is 0 Å². The summed E-state index contributed by atoms with van der Waals surface area (Å²) in [6.07, 6.45) is 3.07. The van der Waals surface area contributed by atoms with Gasteiger partial charge in [-0.3, -0.25) is 5.43 Å². The molecule has 0 unspecified atom stereocenters. The highest BCUT2D eigenvalue weighted by atomic mass is 35.5. The lowest BCUT2D eigenvalue weighted by molar-refractivity contribution is 0.118. The lowest BCUT2D eigenvalue weighted by Gasteiger charge is -2.19. The number of hydrazine groups is 1. The van der Waals surface area contributed by atoms with Gasteiger partial charge in [0, 0.05) is 23.2 Å². The average molecular weight is 281 g/mol. The maximum atomic E-state index is 11.3. The molecule has 0 atom stereocenters. The fourth-order valence-corrected chi connectivity index (χ4v) is 1.07. The number of allylic oxidation sites excluding steroid dienone is 2. The quantitative estimate of drug-likeness (QED) is 0.760. The molecule has 17 heavy (non-hydrogen) atoms. The van der Waals surface area contributed by atoms with Gasteiger partial charge >= 0.3 is 6.09 Å². The summed E-state index contributed by atoms with van der Waals surface area (Å²) in [6.45, 7) is 6.58. The molecule has 0 fully saturated rings. The second kappa shape index (κ2) is 9.33. The van der Waals surface area contributed by atoms with E-state index in [1.807, 2.05) is 0 Å². The van der Waals surface area contributed by atoms with Gasteiger partial charge in [0.2, 0.25) is 0 Å². The van der Waals surface area contributed by atoms with Crippen LogP contribution in [0, 0.1) is 0 Å². The van der Waals surface area contributed by atoms with Crippen LogP contribution in [0.1, 0.15) is 20.8 Å². The molecule has 0 aliphatic rings. The van der Waals surface area contributed by atoms with Gasteiger partial charge in [-0.05, 0) is 20.8 Å². The number of nitrogens with one attached hydrogen (secondary N) is 1. The molecular formula is C11H18Cl2N2O2. The number of nitrogens with zero attached hydrogens (tertiary/aromatic N) is 1. The molecule has 0 saturated carbocycles. The number of rotatable bonds is 6. The first-order valence-electron chi connectivity index (χ1n) is 5.28. The number of hydrogen-bond acceptors (Lipinski definition) is 3. The van der Waals surface area contributed by atoms with Gasteiger partial charge in [0.05, 0.1) is 6.61 Å². The number of amides is 1. The van der Waals surface area contributed by atoms with Gasteiger partial charge in [-0.1, -0.05) is 35.4 Å². The summed E-state index contributed by atoms with van der Waals surface area (Å²) in [5.74, 6) is 0. The molecule has 0 bridgehead atoms. The second-order valence-electron chi connectivity index (χ2n) is 3.32. The van der Waals surface area contributed by atoms with Gasteiger partial charge in [-0.2, -0.15) is 0 Å². The largest absolute Gasteiger partial charge is 0.449 e. The van der Waals surface area contributed by atoms with E-state index in [0.717, 1.165) is 0 Å². The van der Waals surface area contributed by atoms with E-state index in [1.54, 1.807) is 37.9 Å².